The van der Waals surface area contributed by atoms with Crippen LogP contribution >= 0.6 is 0 Å². The largest absolute Gasteiger partial charge is 0.479 e. The maximum Gasteiger partial charge on any atom is 0.411 e. The van der Waals surface area contributed by atoms with Gasteiger partial charge in [0.15, 0.2) is 5.54 Å². The second-order valence-electron chi connectivity index (χ2n) is 7.75. The van der Waals surface area contributed by atoms with Crippen LogP contribution in [0.2, 0.25) is 0 Å². The van der Waals surface area contributed by atoms with E-state index in [0.29, 0.717) is 0 Å². The molecule has 0 aromatic heterocycles. The van der Waals surface area contributed by atoms with Crippen LogP contribution in [-0.4, -0.2) is 51.5 Å². The second-order valence-corrected chi connectivity index (χ2v) is 7.75. The minimum atomic E-state index is -1.47. The molecule has 21 heavy (non-hydrogen) atoms. The van der Waals surface area contributed by atoms with Crippen molar-refractivity contribution >= 4 is 12.1 Å². The molecule has 6 nitrogen and oxygen atoms in total. The fourth-order valence-electron chi connectivity index (χ4n) is 3.13. The zero-order chi connectivity index (χ0) is 16.9. The van der Waals surface area contributed by atoms with Gasteiger partial charge in [0.25, 0.3) is 0 Å². The Kier molecular flexibility index (Phi) is 4.11. The molecule has 1 unspecified atom stereocenters. The maximum atomic E-state index is 12.3. The Balaban J connectivity index is 3.24. The van der Waals surface area contributed by atoms with Crippen LogP contribution in [0, 0.1) is 0 Å². The SMILES string of the molecule is CN(C(=O)OC(C)(C)C)C1(C(=O)O)CC(C)(C)OC1(C)C. The lowest BCUT2D eigenvalue weighted by atomic mass is 9.78. The Bertz CT molecular complexity index is 449. The summed E-state index contributed by atoms with van der Waals surface area (Å²) in [4.78, 5) is 25.5. The monoisotopic (exact) mass is 301 g/mol. The minimum absolute atomic E-state index is 0.193. The summed E-state index contributed by atoms with van der Waals surface area (Å²) in [5, 5.41) is 9.82. The normalized spacial score (nSPS) is 27.2. The van der Waals surface area contributed by atoms with Gasteiger partial charge in [-0.3, -0.25) is 4.90 Å². The number of carboxylic acid groups (broad SMARTS) is 1. The molecule has 0 aromatic carbocycles. The summed E-state index contributed by atoms with van der Waals surface area (Å²) in [6.07, 6.45) is -0.475. The first-order valence-corrected chi connectivity index (χ1v) is 7.05. The molecule has 1 heterocycles. The molecule has 1 amide bonds. The average Bonchev–Trinajstić information content (AvgIpc) is 2.40. The van der Waals surface area contributed by atoms with Crippen molar-refractivity contribution in [3.63, 3.8) is 0 Å². The lowest BCUT2D eigenvalue weighted by Gasteiger charge is -2.42. The zero-order valence-electron chi connectivity index (χ0n) is 14.2. The van der Waals surface area contributed by atoms with Gasteiger partial charge in [-0.25, -0.2) is 9.59 Å². The van der Waals surface area contributed by atoms with E-state index in [4.69, 9.17) is 9.47 Å². The van der Waals surface area contributed by atoms with E-state index in [0.717, 1.165) is 4.90 Å². The van der Waals surface area contributed by atoms with Crippen molar-refractivity contribution < 1.29 is 24.2 Å². The molecule has 0 aromatic rings. The van der Waals surface area contributed by atoms with Gasteiger partial charge in [0, 0.05) is 13.5 Å². The van der Waals surface area contributed by atoms with Crippen LogP contribution < -0.4 is 0 Å². The molecule has 1 rings (SSSR count). The van der Waals surface area contributed by atoms with Gasteiger partial charge in [0.2, 0.25) is 0 Å². The first-order chi connectivity index (χ1) is 9.15. The predicted molar refractivity (Wildman–Crippen MR) is 78.2 cm³/mol. The molecule has 6 heteroatoms. The second kappa shape index (κ2) is 4.87. The number of carbonyl (C=O) groups is 2. The van der Waals surface area contributed by atoms with Gasteiger partial charge < -0.3 is 14.6 Å². The Morgan fingerprint density at radius 3 is 1.95 bits per heavy atom. The molecule has 1 aliphatic rings. The average molecular weight is 301 g/mol. The fraction of sp³-hybridized carbons (Fsp3) is 0.867. The van der Waals surface area contributed by atoms with Crippen LogP contribution in [-0.2, 0) is 14.3 Å². The van der Waals surface area contributed by atoms with E-state index in [1.165, 1.54) is 7.05 Å². The third-order valence-corrected chi connectivity index (χ3v) is 3.80. The van der Waals surface area contributed by atoms with Gasteiger partial charge in [-0.2, -0.15) is 0 Å². The summed E-state index contributed by atoms with van der Waals surface area (Å²) >= 11 is 0. The van der Waals surface area contributed by atoms with Crippen molar-refractivity contribution in [1.82, 2.24) is 4.90 Å². The van der Waals surface area contributed by atoms with Gasteiger partial charge in [-0.1, -0.05) is 0 Å². The Morgan fingerprint density at radius 2 is 1.67 bits per heavy atom. The van der Waals surface area contributed by atoms with E-state index < -0.39 is 34.4 Å². The maximum absolute atomic E-state index is 12.3. The number of hydrogen-bond acceptors (Lipinski definition) is 4. The molecular weight excluding hydrogens is 274 g/mol. The van der Waals surface area contributed by atoms with E-state index in [-0.39, 0.29) is 6.42 Å². The van der Waals surface area contributed by atoms with E-state index in [1.54, 1.807) is 34.6 Å². The molecule has 1 aliphatic heterocycles. The zero-order valence-corrected chi connectivity index (χ0v) is 14.2. The molecule has 1 atom stereocenters. The number of nitrogens with zero attached hydrogens (tertiary/aromatic N) is 1. The molecule has 0 aliphatic carbocycles. The first-order valence-electron chi connectivity index (χ1n) is 7.05. The number of amides is 1. The fourth-order valence-corrected chi connectivity index (χ4v) is 3.13. The molecule has 0 radical (unpaired) electrons. The molecule has 0 spiro atoms. The highest BCUT2D eigenvalue weighted by Gasteiger charge is 2.66. The van der Waals surface area contributed by atoms with E-state index in [1.807, 2.05) is 13.8 Å². The summed E-state index contributed by atoms with van der Waals surface area (Å²) in [5.41, 5.74) is -3.84. The number of rotatable bonds is 2. The summed E-state index contributed by atoms with van der Waals surface area (Å²) in [6.45, 7) is 12.3. The molecule has 0 saturated carbocycles. The predicted octanol–water partition coefficient (Wildman–Crippen LogP) is 2.65. The minimum Gasteiger partial charge on any atom is -0.479 e. The summed E-state index contributed by atoms with van der Waals surface area (Å²) in [6, 6.07) is 0. The molecule has 1 saturated heterocycles. The standard InChI is InChI=1S/C15H27NO5/c1-12(2,3)20-11(19)16(8)15(10(17)18)9-13(4,5)21-14(15,6)7/h9H2,1-8H3,(H,17,18). The molecule has 0 bridgehead atoms. The van der Waals surface area contributed by atoms with Crippen LogP contribution in [0.3, 0.4) is 0 Å². The Morgan fingerprint density at radius 1 is 1.19 bits per heavy atom. The van der Waals surface area contributed by atoms with Crippen LogP contribution in [0.1, 0.15) is 54.9 Å². The van der Waals surface area contributed by atoms with Crippen molar-refractivity contribution in [2.75, 3.05) is 7.05 Å². The molecule has 122 valence electrons. The number of carbonyl (C=O) groups excluding carboxylic acids is 1. The third kappa shape index (κ3) is 3.15. The van der Waals surface area contributed by atoms with E-state index in [2.05, 4.69) is 0 Å². The van der Waals surface area contributed by atoms with E-state index >= 15 is 0 Å². The van der Waals surface area contributed by atoms with Crippen molar-refractivity contribution in [2.45, 2.75) is 77.2 Å². The van der Waals surface area contributed by atoms with Crippen LogP contribution in [0.25, 0.3) is 0 Å². The smallest absolute Gasteiger partial charge is 0.411 e. The Labute approximate surface area is 126 Å². The highest BCUT2D eigenvalue weighted by molar-refractivity contribution is 5.86. The number of carboxylic acids is 1. The van der Waals surface area contributed by atoms with Crippen molar-refractivity contribution in [1.29, 1.82) is 0 Å². The lowest BCUT2D eigenvalue weighted by Crippen LogP contribution is -2.65. The Hall–Kier alpha value is -1.30. The quantitative estimate of drug-likeness (QED) is 0.848. The van der Waals surface area contributed by atoms with Gasteiger partial charge in [-0.15, -0.1) is 0 Å². The van der Waals surface area contributed by atoms with Gasteiger partial charge in [-0.05, 0) is 48.5 Å². The van der Waals surface area contributed by atoms with Crippen molar-refractivity contribution in [3.8, 4) is 0 Å². The summed E-state index contributed by atoms with van der Waals surface area (Å²) in [5.74, 6) is -1.09. The molecule has 1 N–H and O–H groups in total. The number of hydrogen-bond donors (Lipinski definition) is 1. The third-order valence-electron chi connectivity index (χ3n) is 3.80. The van der Waals surface area contributed by atoms with Crippen LogP contribution in [0.15, 0.2) is 0 Å². The van der Waals surface area contributed by atoms with Gasteiger partial charge in [0.1, 0.15) is 5.60 Å². The van der Waals surface area contributed by atoms with Crippen LogP contribution in [0.5, 0.6) is 0 Å². The topological polar surface area (TPSA) is 76.1 Å². The van der Waals surface area contributed by atoms with Gasteiger partial charge >= 0.3 is 12.1 Å². The van der Waals surface area contributed by atoms with E-state index in [9.17, 15) is 14.7 Å². The molecule has 1 fully saturated rings. The lowest BCUT2D eigenvalue weighted by molar-refractivity contribution is -0.163. The highest BCUT2D eigenvalue weighted by Crippen LogP contribution is 2.48. The van der Waals surface area contributed by atoms with Crippen molar-refractivity contribution in [3.05, 3.63) is 0 Å². The highest BCUT2D eigenvalue weighted by atomic mass is 16.6. The summed E-state index contributed by atoms with van der Waals surface area (Å²) in [7, 11) is 1.45. The van der Waals surface area contributed by atoms with Gasteiger partial charge in [0.05, 0.1) is 11.2 Å². The number of aliphatic carboxylic acids is 1. The van der Waals surface area contributed by atoms with Crippen LogP contribution in [0.4, 0.5) is 4.79 Å². The molecular formula is C15H27NO5. The summed E-state index contributed by atoms with van der Waals surface area (Å²) < 4.78 is 11.2. The number of ether oxygens (including phenoxy) is 2. The first kappa shape index (κ1) is 17.8. The number of likely N-dealkylation sites (N-methyl/N-ethyl adjacent to an activating group) is 1. The van der Waals surface area contributed by atoms with Crippen molar-refractivity contribution in [2.24, 2.45) is 0 Å².